The van der Waals surface area contributed by atoms with E-state index in [0.29, 0.717) is 59.4 Å². The number of H-pyrrole nitrogens is 2. The van der Waals surface area contributed by atoms with E-state index >= 15 is 0 Å². The summed E-state index contributed by atoms with van der Waals surface area (Å²) in [5.74, 6) is -0.375. The Morgan fingerprint density at radius 1 is 0.328 bits per heavy atom. The third-order valence-electron chi connectivity index (χ3n) is 23.3. The Labute approximate surface area is 675 Å². The third-order valence-corrected chi connectivity index (χ3v) is 23.3. The molecule has 0 fully saturated rings. The average molecular weight is 1530 g/mol. The molecule has 0 bridgehead atoms. The number of nitrogens with zero attached hydrogens (tertiary/aromatic N) is 10. The van der Waals surface area contributed by atoms with Gasteiger partial charge in [-0.15, -0.1) is 0 Å². The first-order chi connectivity index (χ1) is 58.7. The smallest absolute Gasteiger partial charge is 0.281 e. The van der Waals surface area contributed by atoms with E-state index < -0.39 is 0 Å². The van der Waals surface area contributed by atoms with Crippen LogP contribution in [-0.2, 0) is 26.2 Å². The zero-order chi connectivity index (χ0) is 78.9. The van der Waals surface area contributed by atoms with Gasteiger partial charge in [-0.3, -0.25) is 24.4 Å². The summed E-state index contributed by atoms with van der Waals surface area (Å²) in [6.45, 7) is 1.93. The summed E-state index contributed by atoms with van der Waals surface area (Å²) in [6.07, 6.45) is 1.91. The Morgan fingerprint density at radius 2 is 0.739 bits per heavy atom. The van der Waals surface area contributed by atoms with E-state index in [4.69, 9.17) is 39.9 Å². The molecule has 6 heterocycles. The second-order valence-corrected chi connectivity index (χ2v) is 30.3. The lowest BCUT2D eigenvalue weighted by molar-refractivity contribution is 0.0942. The SMILES string of the molecule is O=C(NCc1ccc(CNC(=O)c2ccc3nc4c(nc3c2)-c2cccc3cccc-4c23)cc1)c1ccc2nc3c(nc2c1)-c1cccc2cccc-3c12.O=c1nc2ccccn2c2ccccc12.c1ccc2[nH]c3c4ccc(=NCc5ccc(CN=c6ccc7c8[nH]c9ccccc9nc8c8cccc6c87)cc5)c5cccc(c3nc2c1)c54. The molecule has 0 unspecified atom stereocenters. The number of benzene rings is 15. The highest BCUT2D eigenvalue weighted by Crippen LogP contribution is 2.48. The molecule has 23 aromatic rings. The van der Waals surface area contributed by atoms with E-state index in [2.05, 4.69) is 183 Å². The molecular formula is C102H64N14O3. The summed E-state index contributed by atoms with van der Waals surface area (Å²) in [4.78, 5) is 89.5. The molecule has 2 aliphatic rings. The summed E-state index contributed by atoms with van der Waals surface area (Å²) in [7, 11) is 0. The predicted molar refractivity (Wildman–Crippen MR) is 475 cm³/mol. The molecule has 119 heavy (non-hydrogen) atoms. The van der Waals surface area contributed by atoms with Crippen LogP contribution < -0.4 is 26.9 Å². The predicted octanol–water partition coefficient (Wildman–Crippen LogP) is 20.3. The normalized spacial score (nSPS) is 12.4. The monoisotopic (exact) mass is 1530 g/mol. The molecule has 0 radical (unpaired) electrons. The minimum absolute atomic E-state index is 0.170. The van der Waals surface area contributed by atoms with Crippen LogP contribution in [0.15, 0.2) is 330 Å². The van der Waals surface area contributed by atoms with Gasteiger partial charge in [0.1, 0.15) is 5.65 Å². The first kappa shape index (κ1) is 68.5. The fourth-order valence-corrected chi connectivity index (χ4v) is 17.6. The number of hydrogen-bond donors (Lipinski definition) is 4. The first-order valence-corrected chi connectivity index (χ1v) is 39.6. The lowest BCUT2D eigenvalue weighted by Gasteiger charge is -2.09. The summed E-state index contributed by atoms with van der Waals surface area (Å²) < 4.78 is 1.91. The number of carbonyl (C=O) groups is 2. The number of hydrogen-bond acceptors (Lipinski definition) is 12. The van der Waals surface area contributed by atoms with Crippen molar-refractivity contribution in [2.45, 2.75) is 26.2 Å². The van der Waals surface area contributed by atoms with E-state index in [1.165, 1.54) is 43.4 Å². The van der Waals surface area contributed by atoms with Gasteiger partial charge in [-0.1, -0.05) is 212 Å². The van der Waals surface area contributed by atoms with Crippen molar-refractivity contribution in [1.82, 2.24) is 59.9 Å². The zero-order valence-corrected chi connectivity index (χ0v) is 63.5. The van der Waals surface area contributed by atoms with Crippen LogP contribution in [0.1, 0.15) is 43.0 Å². The summed E-state index contributed by atoms with van der Waals surface area (Å²) in [6, 6.07) is 103. The van der Waals surface area contributed by atoms with Gasteiger partial charge in [0.05, 0.1) is 124 Å². The standard InChI is InChI=1S/C46H28N6O2.C44H28N6.C12H8N2O/c53-45(29-17-19-35-37(21-29)51-43-33-11-3-7-27-5-1-9-31(39(27)33)41(43)49-35)47-23-25-13-15-26(16-14-25)24-48-46(54)30-18-20-36-38(22-30)52-44-34-12-4-8-28-6-2-10-32(40(28)34)42(44)50-36;1-3-13-37-35(11-1)47-41-29-9-5-7-27-33(21-19-31(39(27)29)43(41)49-37)45-23-25-15-17-26(18-16-25)24-46-34-22-20-32-40-28(34)8-6-10-30(40)42-44(32)50-38-14-4-2-12-36(38)48-42;15-12-9-5-1-2-6-10(9)14-8-4-3-7-11(14)13-12/h1-22H,23-24H2,(H,47,53)(H,48,54);1-22,49-50H,23-24H2;1-8H. The molecule has 2 aliphatic carbocycles. The van der Waals surface area contributed by atoms with Crippen molar-refractivity contribution in [1.29, 1.82) is 0 Å². The third kappa shape index (κ3) is 11.6. The highest BCUT2D eigenvalue weighted by molar-refractivity contribution is 6.30. The minimum atomic E-state index is -0.187. The van der Waals surface area contributed by atoms with E-state index in [9.17, 15) is 14.4 Å². The van der Waals surface area contributed by atoms with E-state index in [0.717, 1.165) is 160 Å². The van der Waals surface area contributed by atoms with Gasteiger partial charge >= 0.3 is 0 Å². The van der Waals surface area contributed by atoms with Gasteiger partial charge in [0, 0.05) is 107 Å². The van der Waals surface area contributed by atoms with Crippen LogP contribution in [0.3, 0.4) is 0 Å². The van der Waals surface area contributed by atoms with Gasteiger partial charge in [0.25, 0.3) is 17.4 Å². The van der Waals surface area contributed by atoms with Crippen LogP contribution in [0.25, 0.3) is 192 Å². The number of rotatable bonds is 10. The molecule has 0 aliphatic heterocycles. The largest absolute Gasteiger partial charge is 0.351 e. The van der Waals surface area contributed by atoms with Crippen molar-refractivity contribution in [2.75, 3.05) is 0 Å². The number of aromatic amines is 2. The Balaban J connectivity index is 0.000000119. The maximum absolute atomic E-state index is 13.2. The number of fused-ring (bicyclic) bond motifs is 19. The molecule has 0 saturated carbocycles. The van der Waals surface area contributed by atoms with Crippen LogP contribution in [-0.4, -0.2) is 61.1 Å². The quantitative estimate of drug-likeness (QED) is 0.0947. The molecule has 25 rings (SSSR count). The van der Waals surface area contributed by atoms with Crippen molar-refractivity contribution >= 4 is 159 Å². The van der Waals surface area contributed by atoms with Gasteiger partial charge in [-0.2, -0.15) is 4.98 Å². The molecule has 6 aromatic heterocycles. The van der Waals surface area contributed by atoms with E-state index in [1.54, 1.807) is 30.3 Å². The minimum Gasteiger partial charge on any atom is -0.351 e. The molecule has 0 saturated heterocycles. The second kappa shape index (κ2) is 27.6. The molecule has 17 nitrogen and oxygen atoms in total. The lowest BCUT2D eigenvalue weighted by atomic mass is 10.0. The number of para-hydroxylation sites is 5. The van der Waals surface area contributed by atoms with Gasteiger partial charge in [-0.25, -0.2) is 29.9 Å². The number of pyridine rings is 1. The maximum atomic E-state index is 13.2. The first-order valence-electron chi connectivity index (χ1n) is 39.6. The number of aromatic nitrogens is 10. The molecule has 17 heteroatoms. The van der Waals surface area contributed by atoms with Gasteiger partial charge in [0.15, 0.2) is 0 Å². The molecule has 0 spiro atoms. The lowest BCUT2D eigenvalue weighted by Crippen LogP contribution is -2.23. The molecule has 0 atom stereocenters. The summed E-state index contributed by atoms with van der Waals surface area (Å²) in [5.41, 5.74) is 25.5. The van der Waals surface area contributed by atoms with Gasteiger partial charge < -0.3 is 25.0 Å². The second-order valence-electron chi connectivity index (χ2n) is 30.3. The summed E-state index contributed by atoms with van der Waals surface area (Å²) in [5, 5.41) is 22.8. The fraction of sp³-hybridized carbons (Fsp3) is 0.0392. The van der Waals surface area contributed by atoms with Gasteiger partial charge in [-0.05, 0) is 130 Å². The van der Waals surface area contributed by atoms with Crippen molar-refractivity contribution in [3.05, 3.63) is 370 Å². The number of carbonyl (C=O) groups excluding carboxylic acids is 2. The highest BCUT2D eigenvalue weighted by Gasteiger charge is 2.28. The molecule has 17 aromatic carbocycles. The Hall–Kier alpha value is -16.1. The van der Waals surface area contributed by atoms with E-state index in [-0.39, 0.29) is 17.4 Å². The topological polar surface area (TPSA) is 226 Å². The van der Waals surface area contributed by atoms with Crippen LogP contribution >= 0.6 is 0 Å². The maximum Gasteiger partial charge on any atom is 0.281 e. The van der Waals surface area contributed by atoms with Crippen LogP contribution in [0.5, 0.6) is 0 Å². The van der Waals surface area contributed by atoms with E-state index in [1.807, 2.05) is 132 Å². The Bertz CT molecular complexity index is 7920. The fourth-order valence-electron chi connectivity index (χ4n) is 17.6. The number of nitrogens with one attached hydrogen (secondary N) is 4. The van der Waals surface area contributed by atoms with Crippen molar-refractivity contribution < 1.29 is 9.59 Å². The molecule has 2 amide bonds. The molecule has 560 valence electrons. The van der Waals surface area contributed by atoms with Crippen molar-refractivity contribution in [2.24, 2.45) is 9.98 Å². The molecular weight excluding hydrogens is 1470 g/mol. The van der Waals surface area contributed by atoms with Crippen LogP contribution in [0, 0.1) is 0 Å². The highest BCUT2D eigenvalue weighted by atomic mass is 16.2. The number of amides is 2. The van der Waals surface area contributed by atoms with Gasteiger partial charge in [0.2, 0.25) is 0 Å². The van der Waals surface area contributed by atoms with Crippen molar-refractivity contribution in [3.8, 4) is 45.0 Å². The average Bonchev–Trinajstić information content (AvgIpc) is 1.60. The van der Waals surface area contributed by atoms with Crippen molar-refractivity contribution in [3.63, 3.8) is 0 Å². The zero-order valence-electron chi connectivity index (χ0n) is 63.5. The van der Waals surface area contributed by atoms with Crippen LogP contribution in [0.4, 0.5) is 0 Å². The molecule has 4 N–H and O–H groups in total. The Kier molecular flexibility index (Phi) is 15.9. The summed E-state index contributed by atoms with van der Waals surface area (Å²) >= 11 is 0. The van der Waals surface area contributed by atoms with Crippen LogP contribution in [0.2, 0.25) is 0 Å². The Morgan fingerprint density at radius 3 is 1.23 bits per heavy atom.